The molecule has 1 saturated heterocycles. The summed E-state index contributed by atoms with van der Waals surface area (Å²) in [5, 5.41) is 8.38. The lowest BCUT2D eigenvalue weighted by Crippen LogP contribution is -2.30. The lowest BCUT2D eigenvalue weighted by Gasteiger charge is -2.14. The Labute approximate surface area is 161 Å². The molecule has 0 spiro atoms. The number of urea groups is 1. The van der Waals surface area contributed by atoms with Gasteiger partial charge in [0.2, 0.25) is 0 Å². The number of cyclic esters (lactones) is 1. The Morgan fingerprint density at radius 2 is 1.75 bits per heavy atom. The monoisotopic (exact) mass is 380 g/mol. The molecule has 28 heavy (non-hydrogen) atoms. The van der Waals surface area contributed by atoms with Gasteiger partial charge in [0, 0.05) is 28.7 Å². The number of hydrogen-bond donors (Lipinski definition) is 3. The van der Waals surface area contributed by atoms with Gasteiger partial charge in [-0.1, -0.05) is 12.1 Å². The molecule has 1 saturated carbocycles. The molecule has 2 fully saturated rings. The molecule has 1 aliphatic heterocycles. The van der Waals surface area contributed by atoms with Crippen LogP contribution in [-0.2, 0) is 4.74 Å². The van der Waals surface area contributed by atoms with Crippen LogP contribution < -0.4 is 20.9 Å². The van der Waals surface area contributed by atoms with Crippen molar-refractivity contribution in [2.75, 3.05) is 28.7 Å². The Morgan fingerprint density at radius 3 is 2.46 bits per heavy atom. The van der Waals surface area contributed by atoms with Crippen LogP contribution >= 0.6 is 0 Å². The first-order valence-electron chi connectivity index (χ1n) is 9.12. The zero-order valence-electron chi connectivity index (χ0n) is 15.1. The second kappa shape index (κ2) is 7.59. The minimum atomic E-state index is -0.397. The van der Waals surface area contributed by atoms with Gasteiger partial charge in [-0.05, 0) is 49.2 Å². The summed E-state index contributed by atoms with van der Waals surface area (Å²) in [6.07, 6.45) is 1.61. The van der Waals surface area contributed by atoms with Crippen molar-refractivity contribution in [3.63, 3.8) is 0 Å². The third-order valence-electron chi connectivity index (χ3n) is 4.47. The van der Waals surface area contributed by atoms with Gasteiger partial charge >= 0.3 is 12.1 Å². The Morgan fingerprint density at radius 1 is 1.00 bits per heavy atom. The molecule has 0 radical (unpaired) electrons. The molecule has 2 aromatic carbocycles. The summed E-state index contributed by atoms with van der Waals surface area (Å²) in [6, 6.07) is 13.7. The van der Waals surface area contributed by atoms with E-state index in [0.717, 1.165) is 12.8 Å². The van der Waals surface area contributed by atoms with Gasteiger partial charge < -0.3 is 20.7 Å². The second-order valence-corrected chi connectivity index (χ2v) is 6.72. The van der Waals surface area contributed by atoms with E-state index in [1.165, 1.54) is 4.90 Å². The van der Waals surface area contributed by atoms with E-state index in [9.17, 15) is 14.4 Å². The molecule has 0 atom stereocenters. The van der Waals surface area contributed by atoms with Crippen LogP contribution in [0.25, 0.3) is 0 Å². The van der Waals surface area contributed by atoms with E-state index < -0.39 is 6.09 Å². The number of amides is 4. The molecule has 8 nitrogen and oxygen atoms in total. The fourth-order valence-corrected chi connectivity index (χ4v) is 2.90. The SMILES string of the molecule is O=C(Nc1cccc(C(=O)Nc2cccc(N3CCOC3=O)c2)c1)NC1CC1. The molecule has 1 aliphatic carbocycles. The Kier molecular flexibility index (Phi) is 4.84. The quantitative estimate of drug-likeness (QED) is 0.742. The number of hydrogen-bond acceptors (Lipinski definition) is 4. The molecule has 0 aromatic heterocycles. The zero-order chi connectivity index (χ0) is 19.5. The fraction of sp³-hybridized carbons (Fsp3) is 0.250. The number of nitrogens with zero attached hydrogens (tertiary/aromatic N) is 1. The van der Waals surface area contributed by atoms with Crippen LogP contribution in [-0.4, -0.2) is 37.2 Å². The van der Waals surface area contributed by atoms with Crippen molar-refractivity contribution in [3.05, 3.63) is 54.1 Å². The molecule has 3 N–H and O–H groups in total. The lowest BCUT2D eigenvalue weighted by atomic mass is 10.1. The summed E-state index contributed by atoms with van der Waals surface area (Å²) in [5.41, 5.74) is 2.18. The van der Waals surface area contributed by atoms with Gasteiger partial charge in [-0.15, -0.1) is 0 Å². The van der Waals surface area contributed by atoms with Gasteiger partial charge in [0.25, 0.3) is 5.91 Å². The van der Waals surface area contributed by atoms with Crippen molar-refractivity contribution in [2.45, 2.75) is 18.9 Å². The summed E-state index contributed by atoms with van der Waals surface area (Å²) in [5.74, 6) is -0.313. The molecular weight excluding hydrogens is 360 g/mol. The third-order valence-corrected chi connectivity index (χ3v) is 4.47. The highest BCUT2D eigenvalue weighted by Gasteiger charge is 2.24. The number of nitrogens with one attached hydrogen (secondary N) is 3. The van der Waals surface area contributed by atoms with Crippen molar-refractivity contribution < 1.29 is 19.1 Å². The first-order valence-corrected chi connectivity index (χ1v) is 9.12. The molecule has 4 amide bonds. The van der Waals surface area contributed by atoms with Gasteiger partial charge in [-0.3, -0.25) is 9.69 Å². The molecule has 8 heteroatoms. The lowest BCUT2D eigenvalue weighted by molar-refractivity contribution is 0.102. The number of ether oxygens (including phenoxy) is 1. The van der Waals surface area contributed by atoms with Crippen LogP contribution in [0, 0.1) is 0 Å². The molecule has 0 bridgehead atoms. The topological polar surface area (TPSA) is 99.8 Å². The summed E-state index contributed by atoms with van der Waals surface area (Å²) < 4.78 is 4.94. The highest BCUT2D eigenvalue weighted by molar-refractivity contribution is 6.05. The molecule has 2 aromatic rings. The Balaban J connectivity index is 1.42. The summed E-state index contributed by atoms with van der Waals surface area (Å²) in [4.78, 5) is 37.7. The minimum Gasteiger partial charge on any atom is -0.447 e. The van der Waals surface area contributed by atoms with Gasteiger partial charge in [0.05, 0.1) is 6.54 Å². The van der Waals surface area contributed by atoms with Crippen molar-refractivity contribution >= 4 is 35.1 Å². The number of rotatable bonds is 5. The van der Waals surface area contributed by atoms with Crippen molar-refractivity contribution in [3.8, 4) is 0 Å². The Hall–Kier alpha value is -3.55. The molecule has 2 aliphatic rings. The van der Waals surface area contributed by atoms with E-state index in [1.807, 2.05) is 0 Å². The van der Waals surface area contributed by atoms with Gasteiger partial charge in [-0.2, -0.15) is 0 Å². The average Bonchev–Trinajstić information content (AvgIpc) is 3.39. The number of benzene rings is 2. The van der Waals surface area contributed by atoms with Crippen LogP contribution in [0.5, 0.6) is 0 Å². The van der Waals surface area contributed by atoms with Gasteiger partial charge in [0.15, 0.2) is 0 Å². The number of carbonyl (C=O) groups is 3. The van der Waals surface area contributed by atoms with E-state index in [-0.39, 0.29) is 18.0 Å². The van der Waals surface area contributed by atoms with Crippen molar-refractivity contribution in [1.82, 2.24) is 5.32 Å². The Bertz CT molecular complexity index is 926. The van der Waals surface area contributed by atoms with E-state index in [0.29, 0.717) is 35.8 Å². The standard InChI is InChI=1S/C20H20N4O4/c25-18(13-3-1-4-15(11-13)23-19(26)22-14-7-8-14)21-16-5-2-6-17(12-16)24-9-10-28-20(24)27/h1-6,11-12,14H,7-10H2,(H,21,25)(H2,22,23,26). The number of carbonyl (C=O) groups excluding carboxylic acids is 3. The van der Waals surface area contributed by atoms with Crippen LogP contribution in [0.3, 0.4) is 0 Å². The predicted molar refractivity (Wildman–Crippen MR) is 105 cm³/mol. The van der Waals surface area contributed by atoms with E-state index in [2.05, 4.69) is 16.0 Å². The van der Waals surface area contributed by atoms with Crippen LogP contribution in [0.2, 0.25) is 0 Å². The smallest absolute Gasteiger partial charge is 0.414 e. The molecule has 4 rings (SSSR count). The van der Waals surface area contributed by atoms with Crippen molar-refractivity contribution in [1.29, 1.82) is 0 Å². The molecule has 144 valence electrons. The first kappa shape index (κ1) is 17.8. The largest absolute Gasteiger partial charge is 0.447 e. The zero-order valence-corrected chi connectivity index (χ0v) is 15.1. The minimum absolute atomic E-state index is 0.256. The maximum atomic E-state index is 12.6. The van der Waals surface area contributed by atoms with E-state index >= 15 is 0 Å². The maximum Gasteiger partial charge on any atom is 0.414 e. The van der Waals surface area contributed by atoms with Crippen LogP contribution in [0.15, 0.2) is 48.5 Å². The highest BCUT2D eigenvalue weighted by atomic mass is 16.6. The number of anilines is 3. The van der Waals surface area contributed by atoms with Crippen LogP contribution in [0.1, 0.15) is 23.2 Å². The summed E-state index contributed by atoms with van der Waals surface area (Å²) in [7, 11) is 0. The molecule has 1 heterocycles. The highest BCUT2D eigenvalue weighted by Crippen LogP contribution is 2.23. The normalized spacial score (nSPS) is 15.7. The maximum absolute atomic E-state index is 12.6. The fourth-order valence-electron chi connectivity index (χ4n) is 2.90. The summed E-state index contributed by atoms with van der Waals surface area (Å²) >= 11 is 0. The van der Waals surface area contributed by atoms with Crippen molar-refractivity contribution in [2.24, 2.45) is 0 Å². The molecular formula is C20H20N4O4. The predicted octanol–water partition coefficient (Wildman–Crippen LogP) is 3.18. The first-order chi connectivity index (χ1) is 13.6. The second-order valence-electron chi connectivity index (χ2n) is 6.72. The van der Waals surface area contributed by atoms with E-state index in [4.69, 9.17) is 4.74 Å². The summed E-state index contributed by atoms with van der Waals surface area (Å²) in [6.45, 7) is 0.830. The van der Waals surface area contributed by atoms with E-state index in [1.54, 1.807) is 48.5 Å². The molecule has 0 unspecified atom stereocenters. The third kappa shape index (κ3) is 4.22. The van der Waals surface area contributed by atoms with Crippen LogP contribution in [0.4, 0.5) is 26.7 Å². The van der Waals surface area contributed by atoms with Gasteiger partial charge in [0.1, 0.15) is 6.61 Å². The van der Waals surface area contributed by atoms with Gasteiger partial charge in [-0.25, -0.2) is 9.59 Å². The average molecular weight is 380 g/mol.